The fourth-order valence-electron chi connectivity index (χ4n) is 1.06. The van der Waals surface area contributed by atoms with Gasteiger partial charge in [-0.25, -0.2) is 9.78 Å². The summed E-state index contributed by atoms with van der Waals surface area (Å²) in [7, 11) is 1.29. The van der Waals surface area contributed by atoms with Crippen molar-refractivity contribution in [2.75, 3.05) is 7.11 Å². The van der Waals surface area contributed by atoms with Crippen molar-refractivity contribution in [2.45, 2.75) is 19.9 Å². The van der Waals surface area contributed by atoms with E-state index in [4.69, 9.17) is 0 Å². The molecule has 0 aromatic carbocycles. The van der Waals surface area contributed by atoms with E-state index in [9.17, 15) is 9.59 Å². The predicted octanol–water partition coefficient (Wildman–Crippen LogP) is 1.41. The van der Waals surface area contributed by atoms with Crippen LogP contribution in [0.1, 0.15) is 23.8 Å². The zero-order valence-electron chi connectivity index (χ0n) is 8.49. The summed E-state index contributed by atoms with van der Waals surface area (Å²) in [4.78, 5) is 26.5. The normalized spacial score (nSPS) is 10.1. The number of ketones is 1. The van der Waals surface area contributed by atoms with Crippen molar-refractivity contribution in [3.63, 3.8) is 0 Å². The second-order valence-electron chi connectivity index (χ2n) is 2.88. The van der Waals surface area contributed by atoms with Crippen LogP contribution in [-0.4, -0.2) is 28.4 Å². The maximum absolute atomic E-state index is 11.3. The number of nitrogens with zero attached hydrogens (tertiary/aromatic N) is 2. The summed E-state index contributed by atoms with van der Waals surface area (Å²) in [5.74, 6) is -0.476. The van der Waals surface area contributed by atoms with Crippen LogP contribution < -0.4 is 0 Å². The van der Waals surface area contributed by atoms with Gasteiger partial charge < -0.3 is 9.30 Å². The molecule has 15 heavy (non-hydrogen) atoms. The number of rotatable bonds is 4. The number of hydrogen-bond donors (Lipinski definition) is 0. The highest BCUT2D eigenvalue weighted by Gasteiger charge is 2.16. The molecule has 0 N–H and O–H groups in total. The van der Waals surface area contributed by atoms with Crippen molar-refractivity contribution in [3.05, 3.63) is 16.6 Å². The lowest BCUT2D eigenvalue weighted by Gasteiger charge is -2.05. The van der Waals surface area contributed by atoms with Gasteiger partial charge in [0.25, 0.3) is 0 Å². The van der Waals surface area contributed by atoms with Gasteiger partial charge in [-0.1, -0.05) is 6.92 Å². The lowest BCUT2D eigenvalue weighted by Crippen LogP contribution is -2.15. The molecule has 82 valence electrons. The summed E-state index contributed by atoms with van der Waals surface area (Å²) in [5.41, 5.74) is 0.270. The molecule has 0 radical (unpaired) electrons. The van der Waals surface area contributed by atoms with E-state index in [2.05, 4.69) is 25.7 Å². The first-order valence-electron chi connectivity index (χ1n) is 4.41. The average Bonchev–Trinajstić information content (AvgIpc) is 2.59. The third-order valence-electron chi connectivity index (χ3n) is 1.93. The molecule has 0 aliphatic rings. The summed E-state index contributed by atoms with van der Waals surface area (Å²) in [6, 6.07) is 0. The molecule has 0 atom stereocenters. The Hall–Kier alpha value is -1.17. The van der Waals surface area contributed by atoms with Gasteiger partial charge in [0, 0.05) is 6.42 Å². The van der Waals surface area contributed by atoms with E-state index in [1.54, 1.807) is 6.92 Å². The third kappa shape index (κ3) is 2.65. The number of aromatic nitrogens is 2. The van der Waals surface area contributed by atoms with Crippen molar-refractivity contribution in [2.24, 2.45) is 0 Å². The van der Waals surface area contributed by atoms with Crippen LogP contribution in [0.3, 0.4) is 0 Å². The highest BCUT2D eigenvalue weighted by molar-refractivity contribution is 9.10. The molecule has 0 aliphatic carbocycles. The minimum absolute atomic E-state index is 0.0267. The highest BCUT2D eigenvalue weighted by Crippen LogP contribution is 2.13. The van der Waals surface area contributed by atoms with Gasteiger partial charge in [0.15, 0.2) is 10.5 Å². The van der Waals surface area contributed by atoms with Crippen molar-refractivity contribution in [3.8, 4) is 0 Å². The van der Waals surface area contributed by atoms with Gasteiger partial charge in [-0.15, -0.1) is 0 Å². The smallest absolute Gasteiger partial charge is 0.356 e. The number of carbonyl (C=O) groups is 2. The molecule has 0 aliphatic heterocycles. The number of Topliss-reactive ketones (excluding diaryl/α,β-unsaturated/α-hetero) is 1. The first-order chi connectivity index (χ1) is 7.10. The Labute approximate surface area is 95.6 Å². The highest BCUT2D eigenvalue weighted by atomic mass is 79.9. The zero-order chi connectivity index (χ0) is 11.4. The largest absolute Gasteiger partial charge is 0.464 e. The number of ether oxygens (including phenoxy) is 1. The Morgan fingerprint density at radius 3 is 2.80 bits per heavy atom. The Kier molecular flexibility index (Phi) is 4.02. The van der Waals surface area contributed by atoms with Crippen LogP contribution in [0.15, 0.2) is 10.9 Å². The average molecular weight is 275 g/mol. The number of imidazole rings is 1. The Balaban J connectivity index is 2.99. The second-order valence-corrected chi connectivity index (χ2v) is 3.59. The monoisotopic (exact) mass is 274 g/mol. The Morgan fingerprint density at radius 1 is 1.60 bits per heavy atom. The SMILES string of the molecule is CCC(=O)Cn1c(C(=O)OC)cnc1Br. The molecule has 0 fully saturated rings. The molecular weight excluding hydrogens is 264 g/mol. The molecule has 0 saturated heterocycles. The Morgan fingerprint density at radius 2 is 2.27 bits per heavy atom. The van der Waals surface area contributed by atoms with E-state index < -0.39 is 5.97 Å². The molecule has 0 unspecified atom stereocenters. The lowest BCUT2D eigenvalue weighted by molar-refractivity contribution is -0.119. The Bertz CT molecular complexity index is 387. The number of methoxy groups -OCH3 is 1. The summed E-state index contributed by atoms with van der Waals surface area (Å²) < 4.78 is 6.51. The molecule has 0 bridgehead atoms. The zero-order valence-corrected chi connectivity index (χ0v) is 10.1. The van der Waals surface area contributed by atoms with Crippen LogP contribution in [-0.2, 0) is 16.1 Å². The number of esters is 1. The topological polar surface area (TPSA) is 61.2 Å². The summed E-state index contributed by atoms with van der Waals surface area (Å²) in [6.45, 7) is 1.90. The predicted molar refractivity (Wildman–Crippen MR) is 56.6 cm³/mol. The van der Waals surface area contributed by atoms with Gasteiger partial charge in [-0.05, 0) is 15.9 Å². The van der Waals surface area contributed by atoms with Crippen LogP contribution in [0.2, 0.25) is 0 Å². The first-order valence-corrected chi connectivity index (χ1v) is 5.20. The quantitative estimate of drug-likeness (QED) is 0.779. The molecule has 5 nitrogen and oxygen atoms in total. The van der Waals surface area contributed by atoms with E-state index >= 15 is 0 Å². The van der Waals surface area contributed by atoms with Crippen LogP contribution in [0, 0.1) is 0 Å². The van der Waals surface area contributed by atoms with Crippen LogP contribution in [0.5, 0.6) is 0 Å². The van der Waals surface area contributed by atoms with Crippen molar-refractivity contribution < 1.29 is 14.3 Å². The first kappa shape index (κ1) is 11.9. The van der Waals surface area contributed by atoms with Gasteiger partial charge in [-0.2, -0.15) is 0 Å². The molecular formula is C9H11BrN2O3. The molecule has 0 spiro atoms. The summed E-state index contributed by atoms with van der Waals surface area (Å²) >= 11 is 3.16. The molecule has 0 amide bonds. The maximum atomic E-state index is 11.3. The minimum Gasteiger partial charge on any atom is -0.464 e. The van der Waals surface area contributed by atoms with Crippen LogP contribution in [0.25, 0.3) is 0 Å². The fraction of sp³-hybridized carbons (Fsp3) is 0.444. The van der Waals surface area contributed by atoms with Gasteiger partial charge in [0.1, 0.15) is 5.69 Å². The molecule has 1 aromatic heterocycles. The molecule has 6 heteroatoms. The van der Waals surface area contributed by atoms with Crippen LogP contribution >= 0.6 is 15.9 Å². The van der Waals surface area contributed by atoms with Gasteiger partial charge >= 0.3 is 5.97 Å². The van der Waals surface area contributed by atoms with E-state index in [0.717, 1.165) is 0 Å². The van der Waals surface area contributed by atoms with Crippen molar-refractivity contribution in [1.29, 1.82) is 0 Å². The van der Waals surface area contributed by atoms with Crippen molar-refractivity contribution >= 4 is 27.7 Å². The second kappa shape index (κ2) is 5.06. The van der Waals surface area contributed by atoms with E-state index in [-0.39, 0.29) is 18.0 Å². The molecule has 1 rings (SSSR count). The maximum Gasteiger partial charge on any atom is 0.356 e. The summed E-state index contributed by atoms with van der Waals surface area (Å²) in [5, 5.41) is 0. The molecule has 1 aromatic rings. The number of hydrogen-bond acceptors (Lipinski definition) is 4. The van der Waals surface area contributed by atoms with Gasteiger partial charge in [0.05, 0.1) is 19.9 Å². The van der Waals surface area contributed by atoms with Gasteiger partial charge in [0.2, 0.25) is 0 Å². The lowest BCUT2D eigenvalue weighted by atomic mass is 10.3. The van der Waals surface area contributed by atoms with E-state index in [1.807, 2.05) is 0 Å². The summed E-state index contributed by atoms with van der Waals surface area (Å²) in [6.07, 6.45) is 1.80. The van der Waals surface area contributed by atoms with Gasteiger partial charge in [-0.3, -0.25) is 4.79 Å². The van der Waals surface area contributed by atoms with E-state index in [1.165, 1.54) is 17.9 Å². The van der Waals surface area contributed by atoms with Crippen molar-refractivity contribution in [1.82, 2.24) is 9.55 Å². The standard InChI is InChI=1S/C9H11BrN2O3/c1-3-6(13)5-12-7(8(14)15-2)4-11-9(12)10/h4H,3,5H2,1-2H3. The van der Waals surface area contributed by atoms with Crippen LogP contribution in [0.4, 0.5) is 0 Å². The van der Waals surface area contributed by atoms with E-state index in [0.29, 0.717) is 11.2 Å². The molecule has 1 heterocycles. The minimum atomic E-state index is -0.503. The molecule has 0 saturated carbocycles. The number of halogens is 1. The number of carbonyl (C=O) groups excluding carboxylic acids is 2. The fourth-order valence-corrected chi connectivity index (χ4v) is 1.48. The third-order valence-corrected chi connectivity index (χ3v) is 2.56.